The van der Waals surface area contributed by atoms with Crippen LogP contribution in [0.1, 0.15) is 41.0 Å². The lowest BCUT2D eigenvalue weighted by Gasteiger charge is -1.90. The smallest absolute Gasteiger partial charge is 0.0276 e. The van der Waals surface area contributed by atoms with E-state index in [1.54, 1.807) is 7.05 Å². The summed E-state index contributed by atoms with van der Waals surface area (Å²) in [6.07, 6.45) is 0.927. The van der Waals surface area contributed by atoms with Crippen LogP contribution in [0, 0.1) is 0 Å². The molecule has 0 radical (unpaired) electrons. The Hall–Kier alpha value is -0.630. The van der Waals surface area contributed by atoms with Gasteiger partial charge in [0.2, 0.25) is 0 Å². The fourth-order valence-corrected chi connectivity index (χ4v) is 0.321. The second-order valence-electron chi connectivity index (χ2n) is 1.50. The average Bonchev–Trinajstić information content (AvgIpc) is 2.27. The molecule has 0 aliphatic rings. The van der Waals surface area contributed by atoms with Gasteiger partial charge < -0.3 is 5.73 Å². The van der Waals surface area contributed by atoms with Gasteiger partial charge in [-0.25, -0.2) is 0 Å². The highest BCUT2D eigenvalue weighted by Crippen LogP contribution is 1.78. The van der Waals surface area contributed by atoms with Gasteiger partial charge in [-0.15, -0.1) is 13.2 Å². The first-order chi connectivity index (χ1) is 6.31. The summed E-state index contributed by atoms with van der Waals surface area (Å²) in [6, 6.07) is 0. The van der Waals surface area contributed by atoms with Crippen LogP contribution in [0.5, 0.6) is 0 Å². The van der Waals surface area contributed by atoms with Crippen molar-refractivity contribution in [2.24, 2.45) is 10.7 Å². The second kappa shape index (κ2) is 42.4. The molecule has 2 N–H and O–H groups in total. The van der Waals surface area contributed by atoms with Crippen LogP contribution in [0.25, 0.3) is 0 Å². The molecule has 0 aliphatic heterocycles. The molecule has 0 aromatic rings. The highest BCUT2D eigenvalue weighted by atomic mass is 14.7. The third-order valence-electron chi connectivity index (χ3n) is 0.888. The molecule has 82 valence electrons. The predicted octanol–water partition coefficient (Wildman–Crippen LogP) is 3.28. The van der Waals surface area contributed by atoms with Gasteiger partial charge in [-0.1, -0.05) is 27.7 Å². The van der Waals surface area contributed by atoms with E-state index in [0.29, 0.717) is 6.54 Å². The van der Waals surface area contributed by atoms with Crippen LogP contribution in [0.15, 0.2) is 18.2 Å². The first kappa shape index (κ1) is 22.8. The van der Waals surface area contributed by atoms with Crippen molar-refractivity contribution in [2.75, 3.05) is 13.6 Å². The highest BCUT2D eigenvalue weighted by molar-refractivity contribution is 5.81. The maximum Gasteiger partial charge on any atom is 0.0276 e. The molecule has 0 saturated heterocycles. The molecule has 0 atom stereocenters. The van der Waals surface area contributed by atoms with Gasteiger partial charge in [-0.05, 0) is 19.9 Å². The Labute approximate surface area is 85.0 Å². The van der Waals surface area contributed by atoms with Crippen LogP contribution in [-0.4, -0.2) is 19.3 Å². The van der Waals surface area contributed by atoms with Gasteiger partial charge in [-0.2, -0.15) is 0 Å². The number of rotatable bonds is 2. The lowest BCUT2D eigenvalue weighted by molar-refractivity contribution is 1.03. The van der Waals surface area contributed by atoms with Gasteiger partial charge in [0.15, 0.2) is 0 Å². The molecule has 0 aromatic carbocycles. The second-order valence-corrected chi connectivity index (χ2v) is 1.50. The summed E-state index contributed by atoms with van der Waals surface area (Å²) >= 11 is 0. The topological polar surface area (TPSA) is 38.4 Å². The Morgan fingerprint density at radius 1 is 1.15 bits per heavy atom. The monoisotopic (exact) mass is 188 g/mol. The molecule has 0 heterocycles. The van der Waals surface area contributed by atoms with E-state index in [9.17, 15) is 0 Å². The third-order valence-corrected chi connectivity index (χ3v) is 0.888. The van der Waals surface area contributed by atoms with Crippen molar-refractivity contribution in [1.82, 2.24) is 0 Å². The normalized spacial score (nSPS) is 7.77. The molecule has 0 spiro atoms. The minimum Gasteiger partial charge on any atom is -0.330 e. The van der Waals surface area contributed by atoms with Crippen LogP contribution >= 0.6 is 0 Å². The molecule has 2 nitrogen and oxygen atoms in total. The van der Waals surface area contributed by atoms with E-state index in [0.717, 1.165) is 12.1 Å². The number of nitrogens with zero attached hydrogens (tertiary/aromatic N) is 1. The Bertz CT molecular complexity index is 78.2. The molecule has 2 heteroatoms. The summed E-state index contributed by atoms with van der Waals surface area (Å²) in [5.74, 6) is 0. The van der Waals surface area contributed by atoms with Gasteiger partial charge in [0.25, 0.3) is 0 Å². The zero-order valence-electron chi connectivity index (χ0n) is 10.4. The van der Waals surface area contributed by atoms with E-state index in [1.807, 2.05) is 34.6 Å². The summed E-state index contributed by atoms with van der Waals surface area (Å²) in [7, 11) is 1.78. The van der Waals surface area contributed by atoms with E-state index in [2.05, 4.69) is 18.2 Å². The molecule has 0 amide bonds. The van der Waals surface area contributed by atoms with Gasteiger partial charge in [0.1, 0.15) is 0 Å². The van der Waals surface area contributed by atoms with Gasteiger partial charge in [0.05, 0.1) is 0 Å². The number of aliphatic imine (C=N–C) groups is 1. The molecular formula is C11H28N2. The predicted molar refractivity (Wildman–Crippen MR) is 66.7 cm³/mol. The molecule has 0 aromatic heterocycles. The van der Waals surface area contributed by atoms with Crippen LogP contribution in [-0.2, 0) is 0 Å². The van der Waals surface area contributed by atoms with Crippen molar-refractivity contribution < 1.29 is 0 Å². The molecule has 13 heavy (non-hydrogen) atoms. The standard InChI is InChI=1S/C5H12N2.2C2H6.C2H4/c1-5(7-2)3-4-6;3*1-2/h3-4,6H2,1-2H3;2*1-2H3;1-2H2. The first-order valence-corrected chi connectivity index (χ1v) is 4.93. The van der Waals surface area contributed by atoms with E-state index >= 15 is 0 Å². The van der Waals surface area contributed by atoms with E-state index in [4.69, 9.17) is 5.73 Å². The molecule has 0 unspecified atom stereocenters. The Morgan fingerprint density at radius 2 is 1.46 bits per heavy atom. The van der Waals surface area contributed by atoms with E-state index < -0.39 is 0 Å². The van der Waals surface area contributed by atoms with E-state index in [-0.39, 0.29) is 0 Å². The zero-order chi connectivity index (χ0) is 11.7. The number of hydrogen-bond donors (Lipinski definition) is 1. The van der Waals surface area contributed by atoms with Crippen molar-refractivity contribution in [3.8, 4) is 0 Å². The molecule has 0 rings (SSSR count). The van der Waals surface area contributed by atoms with Crippen molar-refractivity contribution >= 4 is 5.71 Å². The minimum atomic E-state index is 0.711. The van der Waals surface area contributed by atoms with Gasteiger partial charge in [-0.3, -0.25) is 4.99 Å². The van der Waals surface area contributed by atoms with Crippen LogP contribution in [0.3, 0.4) is 0 Å². The van der Waals surface area contributed by atoms with E-state index in [1.165, 1.54) is 0 Å². The summed E-state index contributed by atoms with van der Waals surface area (Å²) < 4.78 is 0. The Balaban J connectivity index is -0.0000000573. The Kier molecular flexibility index (Phi) is 74.5. The molecule has 0 bridgehead atoms. The van der Waals surface area contributed by atoms with Crippen molar-refractivity contribution in [2.45, 2.75) is 41.0 Å². The lowest BCUT2D eigenvalue weighted by Crippen LogP contribution is -2.03. The fourth-order valence-electron chi connectivity index (χ4n) is 0.321. The highest BCUT2D eigenvalue weighted by Gasteiger charge is 1.81. The van der Waals surface area contributed by atoms with Crippen molar-refractivity contribution in [3.05, 3.63) is 13.2 Å². The van der Waals surface area contributed by atoms with Gasteiger partial charge in [0, 0.05) is 12.8 Å². The Morgan fingerprint density at radius 3 is 1.54 bits per heavy atom. The van der Waals surface area contributed by atoms with Crippen LogP contribution in [0.4, 0.5) is 0 Å². The van der Waals surface area contributed by atoms with Crippen LogP contribution in [0.2, 0.25) is 0 Å². The lowest BCUT2D eigenvalue weighted by atomic mass is 10.3. The number of nitrogens with two attached hydrogens (primary N) is 1. The maximum atomic E-state index is 5.22. The average molecular weight is 188 g/mol. The molecule has 0 aliphatic carbocycles. The van der Waals surface area contributed by atoms with Crippen molar-refractivity contribution in [3.63, 3.8) is 0 Å². The first-order valence-electron chi connectivity index (χ1n) is 4.93. The molecule has 0 saturated carbocycles. The minimum absolute atomic E-state index is 0.711. The van der Waals surface area contributed by atoms with Gasteiger partial charge >= 0.3 is 0 Å². The maximum absolute atomic E-state index is 5.22. The van der Waals surface area contributed by atoms with Crippen LogP contribution < -0.4 is 5.73 Å². The summed E-state index contributed by atoms with van der Waals surface area (Å²) in [5.41, 5.74) is 6.35. The summed E-state index contributed by atoms with van der Waals surface area (Å²) in [6.45, 7) is 16.7. The SMILES string of the molecule is C=C.CC.CC.CN=C(C)CCN. The quantitative estimate of drug-likeness (QED) is 0.524. The largest absolute Gasteiger partial charge is 0.330 e. The summed E-state index contributed by atoms with van der Waals surface area (Å²) in [5, 5.41) is 0. The molecular weight excluding hydrogens is 160 g/mol. The van der Waals surface area contributed by atoms with Crippen molar-refractivity contribution in [1.29, 1.82) is 0 Å². The zero-order valence-corrected chi connectivity index (χ0v) is 10.4. The fraction of sp³-hybridized carbons (Fsp3) is 0.727. The third kappa shape index (κ3) is 52.3. The number of hydrogen-bond acceptors (Lipinski definition) is 2. The molecule has 0 fully saturated rings. The summed E-state index contributed by atoms with van der Waals surface area (Å²) in [4.78, 5) is 3.91.